The first-order valence-corrected chi connectivity index (χ1v) is 7.12. The number of aromatic nitrogens is 2. The van der Waals surface area contributed by atoms with E-state index in [9.17, 15) is 4.79 Å². The van der Waals surface area contributed by atoms with E-state index in [-0.39, 0.29) is 11.7 Å². The molecule has 1 amide bonds. The molecule has 8 nitrogen and oxygen atoms in total. The lowest BCUT2D eigenvalue weighted by molar-refractivity contribution is -0.128. The van der Waals surface area contributed by atoms with Crippen molar-refractivity contribution in [1.82, 2.24) is 15.5 Å². The second-order valence-electron chi connectivity index (χ2n) is 4.91. The summed E-state index contributed by atoms with van der Waals surface area (Å²) < 4.78 is 4.86. The van der Waals surface area contributed by atoms with Gasteiger partial charge >= 0.3 is 0 Å². The molecule has 1 rings (SSSR count). The van der Waals surface area contributed by atoms with Gasteiger partial charge in [0.05, 0.1) is 0 Å². The van der Waals surface area contributed by atoms with Crippen LogP contribution in [0.2, 0.25) is 0 Å². The van der Waals surface area contributed by atoms with E-state index in [0.717, 1.165) is 12.8 Å². The molecule has 1 aromatic heterocycles. The first kappa shape index (κ1) is 16.9. The number of oxime groups is 1. The van der Waals surface area contributed by atoms with Crippen molar-refractivity contribution < 1.29 is 14.5 Å². The summed E-state index contributed by atoms with van der Waals surface area (Å²) in [5.41, 5.74) is 4.82. The largest absolute Gasteiger partial charge is 0.409 e. The summed E-state index contributed by atoms with van der Waals surface area (Å²) in [6.45, 7) is 4.27. The number of nitrogens with two attached hydrogens (primary N) is 1. The Hall–Kier alpha value is -2.12. The Kier molecular flexibility index (Phi) is 6.64. The summed E-state index contributed by atoms with van der Waals surface area (Å²) in [5, 5.41) is 18.4. The number of hydrogen-bond donors (Lipinski definition) is 3. The molecule has 0 unspecified atom stereocenters. The minimum absolute atomic E-state index is 0.0403. The smallest absolute Gasteiger partial charge is 0.233 e. The van der Waals surface area contributed by atoms with Crippen LogP contribution in [0.5, 0.6) is 0 Å². The zero-order chi connectivity index (χ0) is 15.7. The van der Waals surface area contributed by atoms with Gasteiger partial charge in [0.25, 0.3) is 0 Å². The van der Waals surface area contributed by atoms with Crippen LogP contribution in [0.25, 0.3) is 0 Å². The number of rotatable bonds is 9. The van der Waals surface area contributed by atoms with Gasteiger partial charge in [-0.15, -0.1) is 0 Å². The molecule has 0 fully saturated rings. The van der Waals surface area contributed by atoms with Crippen molar-refractivity contribution >= 4 is 11.7 Å². The van der Waals surface area contributed by atoms with E-state index in [4.69, 9.17) is 15.5 Å². The highest BCUT2D eigenvalue weighted by Gasteiger charge is 2.41. The molecule has 0 saturated carbocycles. The Balaban J connectivity index is 2.74. The number of carbonyl (C=O) groups is 1. The van der Waals surface area contributed by atoms with E-state index in [1.165, 1.54) is 6.33 Å². The molecule has 1 heterocycles. The summed E-state index contributed by atoms with van der Waals surface area (Å²) in [4.78, 5) is 16.4. The van der Waals surface area contributed by atoms with E-state index >= 15 is 0 Å². The Morgan fingerprint density at radius 3 is 2.62 bits per heavy atom. The molecule has 0 aliphatic rings. The van der Waals surface area contributed by atoms with Crippen molar-refractivity contribution in [2.45, 2.75) is 46.0 Å². The molecular weight excluding hydrogens is 274 g/mol. The monoisotopic (exact) mass is 297 g/mol. The second kappa shape index (κ2) is 8.23. The molecule has 21 heavy (non-hydrogen) atoms. The molecule has 0 radical (unpaired) electrons. The van der Waals surface area contributed by atoms with E-state index < -0.39 is 5.41 Å². The van der Waals surface area contributed by atoms with Crippen LogP contribution in [0, 0.1) is 5.41 Å². The first-order chi connectivity index (χ1) is 10.1. The molecule has 0 aromatic carbocycles. The fourth-order valence-electron chi connectivity index (χ4n) is 2.43. The number of carbonyl (C=O) groups excluding carboxylic acids is 1. The molecule has 118 valence electrons. The quantitative estimate of drug-likeness (QED) is 0.271. The SMILES string of the molecule is CCCC(CCC)(C(=O)NCCc1ncno1)C(N)=NO. The molecule has 1 aromatic rings. The third-order valence-corrected chi connectivity index (χ3v) is 3.42. The minimum atomic E-state index is -0.965. The number of amidine groups is 1. The first-order valence-electron chi connectivity index (χ1n) is 7.12. The zero-order valence-electron chi connectivity index (χ0n) is 12.5. The Morgan fingerprint density at radius 2 is 2.14 bits per heavy atom. The van der Waals surface area contributed by atoms with Gasteiger partial charge in [-0.2, -0.15) is 4.98 Å². The summed E-state index contributed by atoms with van der Waals surface area (Å²) >= 11 is 0. The Bertz CT molecular complexity index is 452. The summed E-state index contributed by atoms with van der Waals surface area (Å²) in [5.74, 6) is 0.179. The van der Waals surface area contributed by atoms with Gasteiger partial charge in [0, 0.05) is 13.0 Å². The van der Waals surface area contributed by atoms with Crippen molar-refractivity contribution in [3.05, 3.63) is 12.2 Å². The van der Waals surface area contributed by atoms with Gasteiger partial charge in [-0.3, -0.25) is 4.79 Å². The molecule has 4 N–H and O–H groups in total. The molecular formula is C13H23N5O3. The van der Waals surface area contributed by atoms with Gasteiger partial charge < -0.3 is 20.8 Å². The molecule has 0 aliphatic carbocycles. The predicted molar refractivity (Wildman–Crippen MR) is 76.7 cm³/mol. The maximum absolute atomic E-state index is 12.5. The second-order valence-corrected chi connectivity index (χ2v) is 4.91. The third-order valence-electron chi connectivity index (χ3n) is 3.42. The molecule has 0 atom stereocenters. The van der Waals surface area contributed by atoms with Gasteiger partial charge in [0.15, 0.2) is 12.2 Å². The summed E-state index contributed by atoms with van der Waals surface area (Å²) in [7, 11) is 0. The standard InChI is InChI=1S/C13H23N5O3/c1-3-6-13(7-4-2,11(14)18-20)12(19)15-8-5-10-16-9-17-21-10/h9,20H,3-8H2,1-2H3,(H2,14,18)(H,15,19). The fourth-order valence-corrected chi connectivity index (χ4v) is 2.43. The molecule has 0 spiro atoms. The van der Waals surface area contributed by atoms with E-state index in [2.05, 4.69) is 20.6 Å². The van der Waals surface area contributed by atoms with Crippen LogP contribution in [0.4, 0.5) is 0 Å². The lowest BCUT2D eigenvalue weighted by atomic mass is 9.77. The van der Waals surface area contributed by atoms with Gasteiger partial charge in [0.2, 0.25) is 11.8 Å². The average Bonchev–Trinajstić information content (AvgIpc) is 2.99. The van der Waals surface area contributed by atoms with Crippen molar-refractivity contribution in [3.8, 4) is 0 Å². The van der Waals surface area contributed by atoms with E-state index in [1.54, 1.807) is 0 Å². The van der Waals surface area contributed by atoms with Crippen LogP contribution in [0.1, 0.15) is 45.4 Å². The highest BCUT2D eigenvalue weighted by molar-refractivity contribution is 6.06. The summed E-state index contributed by atoms with van der Waals surface area (Å²) in [6.07, 6.45) is 4.33. The van der Waals surface area contributed by atoms with Crippen molar-refractivity contribution in [3.63, 3.8) is 0 Å². The van der Waals surface area contributed by atoms with Gasteiger partial charge in [-0.25, -0.2) is 0 Å². The van der Waals surface area contributed by atoms with Crippen molar-refractivity contribution in [2.75, 3.05) is 6.54 Å². The Morgan fingerprint density at radius 1 is 1.48 bits per heavy atom. The normalized spacial score (nSPS) is 12.4. The highest BCUT2D eigenvalue weighted by atomic mass is 16.5. The number of amides is 1. The van der Waals surface area contributed by atoms with E-state index in [0.29, 0.717) is 31.7 Å². The highest BCUT2D eigenvalue weighted by Crippen LogP contribution is 2.30. The number of hydrogen-bond acceptors (Lipinski definition) is 6. The number of nitrogens with one attached hydrogen (secondary N) is 1. The minimum Gasteiger partial charge on any atom is -0.409 e. The zero-order valence-corrected chi connectivity index (χ0v) is 12.5. The fraction of sp³-hybridized carbons (Fsp3) is 0.692. The van der Waals surface area contributed by atoms with Crippen LogP contribution in [-0.2, 0) is 11.2 Å². The average molecular weight is 297 g/mol. The molecule has 0 saturated heterocycles. The molecule has 8 heteroatoms. The van der Waals surface area contributed by atoms with Crippen LogP contribution in [-0.4, -0.2) is 33.6 Å². The summed E-state index contributed by atoms with van der Waals surface area (Å²) in [6, 6.07) is 0. The predicted octanol–water partition coefficient (Wildman–Crippen LogP) is 1.06. The number of nitrogens with zero attached hydrogens (tertiary/aromatic N) is 3. The van der Waals surface area contributed by atoms with Crippen LogP contribution in [0.15, 0.2) is 16.0 Å². The van der Waals surface area contributed by atoms with Gasteiger partial charge in [0.1, 0.15) is 5.41 Å². The van der Waals surface area contributed by atoms with E-state index in [1.807, 2.05) is 13.8 Å². The molecule has 0 aliphatic heterocycles. The lowest BCUT2D eigenvalue weighted by Gasteiger charge is -2.30. The lowest BCUT2D eigenvalue weighted by Crippen LogP contribution is -2.50. The molecule has 0 bridgehead atoms. The van der Waals surface area contributed by atoms with Gasteiger partial charge in [-0.05, 0) is 12.8 Å². The van der Waals surface area contributed by atoms with Gasteiger partial charge in [-0.1, -0.05) is 37.0 Å². The van der Waals surface area contributed by atoms with Crippen LogP contribution < -0.4 is 11.1 Å². The van der Waals surface area contributed by atoms with Crippen molar-refractivity contribution in [1.29, 1.82) is 0 Å². The van der Waals surface area contributed by atoms with Crippen LogP contribution >= 0.6 is 0 Å². The van der Waals surface area contributed by atoms with Crippen LogP contribution in [0.3, 0.4) is 0 Å². The topological polar surface area (TPSA) is 127 Å². The Labute approximate surface area is 123 Å². The maximum Gasteiger partial charge on any atom is 0.233 e. The van der Waals surface area contributed by atoms with Crippen molar-refractivity contribution in [2.24, 2.45) is 16.3 Å². The maximum atomic E-state index is 12.5. The third kappa shape index (κ3) is 4.17.